The van der Waals surface area contributed by atoms with Gasteiger partial charge in [0.25, 0.3) is 5.56 Å². The number of fused-ring (bicyclic) bond motifs is 1. The van der Waals surface area contributed by atoms with Crippen LogP contribution in [0.1, 0.15) is 60.5 Å². The van der Waals surface area contributed by atoms with Crippen molar-refractivity contribution in [2.75, 3.05) is 0 Å². The number of nitrogens with zero attached hydrogens (tertiary/aromatic N) is 4. The molecular formula is C29H25BrN4O2. The molecule has 0 saturated heterocycles. The second-order valence-electron chi connectivity index (χ2n) is 8.95. The molecule has 1 aromatic heterocycles. The average molecular weight is 541 g/mol. The molecule has 0 aliphatic heterocycles. The van der Waals surface area contributed by atoms with Crippen LogP contribution in [0, 0.1) is 11.3 Å². The van der Waals surface area contributed by atoms with Crippen LogP contribution in [0.15, 0.2) is 81.1 Å². The number of ether oxygens (including phenoxy) is 1. The van der Waals surface area contributed by atoms with E-state index in [1.165, 1.54) is 11.1 Å². The summed E-state index contributed by atoms with van der Waals surface area (Å²) in [5, 5.41) is 14.4. The number of aromatic nitrogens is 2. The highest BCUT2D eigenvalue weighted by atomic mass is 79.9. The van der Waals surface area contributed by atoms with Gasteiger partial charge in [-0.2, -0.15) is 15.0 Å². The Morgan fingerprint density at radius 2 is 1.86 bits per heavy atom. The molecule has 4 aromatic rings. The predicted molar refractivity (Wildman–Crippen MR) is 144 cm³/mol. The first kappa shape index (κ1) is 24.0. The molecule has 0 radical (unpaired) electrons. The fourth-order valence-electron chi connectivity index (χ4n) is 4.59. The van der Waals surface area contributed by atoms with E-state index in [4.69, 9.17) is 9.72 Å². The lowest BCUT2D eigenvalue weighted by Crippen LogP contribution is -2.25. The highest BCUT2D eigenvalue weighted by Crippen LogP contribution is 2.32. The first-order valence-corrected chi connectivity index (χ1v) is 12.9. The van der Waals surface area contributed by atoms with Crippen LogP contribution in [0.25, 0.3) is 10.9 Å². The molecule has 5 rings (SSSR count). The fraction of sp³-hybridized carbons (Fsp3) is 0.241. The predicted octanol–water partition coefficient (Wildman–Crippen LogP) is 6.54. The van der Waals surface area contributed by atoms with E-state index < -0.39 is 0 Å². The molecule has 1 saturated carbocycles. The van der Waals surface area contributed by atoms with Gasteiger partial charge < -0.3 is 4.74 Å². The molecule has 7 heteroatoms. The maximum atomic E-state index is 13.4. The summed E-state index contributed by atoms with van der Waals surface area (Å²) >= 11 is 3.46. The SMILES string of the molecule is N#Cc1ccccc1COc1ccc(C=Nn2c(C3CCCCC3)nc3ccc(Br)cc3c2=O)cc1. The third kappa shape index (κ3) is 5.24. The first-order chi connectivity index (χ1) is 17.6. The van der Waals surface area contributed by atoms with Gasteiger partial charge in [0, 0.05) is 16.0 Å². The monoisotopic (exact) mass is 540 g/mol. The van der Waals surface area contributed by atoms with E-state index in [2.05, 4.69) is 27.1 Å². The van der Waals surface area contributed by atoms with Crippen LogP contribution in [0.4, 0.5) is 0 Å². The summed E-state index contributed by atoms with van der Waals surface area (Å²) in [6.45, 7) is 0.315. The molecule has 6 nitrogen and oxygen atoms in total. The summed E-state index contributed by atoms with van der Waals surface area (Å²) in [7, 11) is 0. The number of halogens is 1. The second kappa shape index (κ2) is 10.9. The molecule has 1 aliphatic rings. The van der Waals surface area contributed by atoms with Gasteiger partial charge in [-0.15, -0.1) is 0 Å². The molecule has 0 atom stereocenters. The minimum absolute atomic E-state index is 0.158. The van der Waals surface area contributed by atoms with Gasteiger partial charge in [0.2, 0.25) is 0 Å². The topological polar surface area (TPSA) is 80.3 Å². The van der Waals surface area contributed by atoms with Gasteiger partial charge in [-0.25, -0.2) is 4.98 Å². The van der Waals surface area contributed by atoms with Gasteiger partial charge in [0.15, 0.2) is 0 Å². The molecule has 0 N–H and O–H groups in total. The summed E-state index contributed by atoms with van der Waals surface area (Å²) in [5.74, 6) is 1.66. The molecular weight excluding hydrogens is 516 g/mol. The molecule has 1 fully saturated rings. The third-order valence-corrected chi connectivity index (χ3v) is 7.03. The van der Waals surface area contributed by atoms with Crippen molar-refractivity contribution < 1.29 is 4.74 Å². The van der Waals surface area contributed by atoms with Crippen molar-refractivity contribution in [1.82, 2.24) is 9.66 Å². The zero-order valence-corrected chi connectivity index (χ0v) is 21.3. The van der Waals surface area contributed by atoms with Gasteiger partial charge in [0.1, 0.15) is 18.2 Å². The van der Waals surface area contributed by atoms with Crippen LogP contribution >= 0.6 is 15.9 Å². The second-order valence-corrected chi connectivity index (χ2v) is 9.87. The molecule has 3 aromatic carbocycles. The number of benzene rings is 3. The fourth-order valence-corrected chi connectivity index (χ4v) is 4.95. The number of hydrogen-bond donors (Lipinski definition) is 0. The van der Waals surface area contributed by atoms with Crippen LogP contribution in [-0.4, -0.2) is 15.9 Å². The Kier molecular flexibility index (Phi) is 7.24. The summed E-state index contributed by atoms with van der Waals surface area (Å²) < 4.78 is 8.18. The van der Waals surface area contributed by atoms with Crippen molar-refractivity contribution in [3.8, 4) is 11.8 Å². The van der Waals surface area contributed by atoms with E-state index in [0.717, 1.165) is 47.1 Å². The lowest BCUT2D eigenvalue weighted by molar-refractivity contribution is 0.306. The Morgan fingerprint density at radius 3 is 2.64 bits per heavy atom. The minimum Gasteiger partial charge on any atom is -0.489 e. The zero-order valence-electron chi connectivity index (χ0n) is 19.7. The highest BCUT2D eigenvalue weighted by molar-refractivity contribution is 9.10. The Bertz CT molecular complexity index is 1510. The molecule has 1 aliphatic carbocycles. The third-order valence-electron chi connectivity index (χ3n) is 6.54. The van der Waals surface area contributed by atoms with E-state index in [-0.39, 0.29) is 11.5 Å². The van der Waals surface area contributed by atoms with Gasteiger partial charge in [-0.3, -0.25) is 4.79 Å². The van der Waals surface area contributed by atoms with E-state index in [1.54, 1.807) is 18.3 Å². The van der Waals surface area contributed by atoms with Crippen LogP contribution in [-0.2, 0) is 6.61 Å². The van der Waals surface area contributed by atoms with Crippen molar-refractivity contribution in [2.45, 2.75) is 44.6 Å². The smallest absolute Gasteiger partial charge is 0.282 e. The van der Waals surface area contributed by atoms with Crippen LogP contribution in [0.3, 0.4) is 0 Å². The van der Waals surface area contributed by atoms with Crippen molar-refractivity contribution in [3.05, 3.63) is 104 Å². The molecule has 0 bridgehead atoms. The number of nitriles is 1. The van der Waals surface area contributed by atoms with Gasteiger partial charge >= 0.3 is 0 Å². The standard InChI is InChI=1S/C29H25BrN4O2/c30-24-12-15-27-26(16-24)29(35)34(28(33-27)21-6-2-1-3-7-21)32-18-20-10-13-25(14-11-20)36-19-23-9-5-4-8-22(23)17-31/h4-5,8-16,18,21H,1-3,6-7,19H2. The van der Waals surface area contributed by atoms with E-state index in [1.807, 2.05) is 54.6 Å². The quantitative estimate of drug-likeness (QED) is 0.260. The van der Waals surface area contributed by atoms with Crippen molar-refractivity contribution in [3.63, 3.8) is 0 Å². The minimum atomic E-state index is -0.158. The highest BCUT2D eigenvalue weighted by Gasteiger charge is 2.22. The molecule has 0 unspecified atom stereocenters. The number of rotatable bonds is 6. The summed E-state index contributed by atoms with van der Waals surface area (Å²) in [5.41, 5.74) is 2.84. The largest absolute Gasteiger partial charge is 0.489 e. The van der Waals surface area contributed by atoms with Crippen LogP contribution < -0.4 is 10.3 Å². The molecule has 36 heavy (non-hydrogen) atoms. The van der Waals surface area contributed by atoms with E-state index in [9.17, 15) is 10.1 Å². The lowest BCUT2D eigenvalue weighted by atomic mass is 9.88. The zero-order chi connectivity index (χ0) is 24.9. The normalized spacial score (nSPS) is 14.2. The Morgan fingerprint density at radius 1 is 1.08 bits per heavy atom. The lowest BCUT2D eigenvalue weighted by Gasteiger charge is -2.22. The maximum absolute atomic E-state index is 13.4. The van der Waals surface area contributed by atoms with Crippen molar-refractivity contribution in [2.24, 2.45) is 5.10 Å². The molecule has 0 spiro atoms. The Hall–Kier alpha value is -3.76. The summed E-state index contributed by atoms with van der Waals surface area (Å²) in [6, 6.07) is 22.7. The first-order valence-electron chi connectivity index (χ1n) is 12.1. The van der Waals surface area contributed by atoms with E-state index in [0.29, 0.717) is 28.8 Å². The van der Waals surface area contributed by atoms with Crippen LogP contribution in [0.5, 0.6) is 5.75 Å². The van der Waals surface area contributed by atoms with Gasteiger partial charge in [-0.05, 0) is 66.9 Å². The van der Waals surface area contributed by atoms with Crippen LogP contribution in [0.2, 0.25) is 0 Å². The molecule has 0 amide bonds. The van der Waals surface area contributed by atoms with Gasteiger partial charge in [0.05, 0.1) is 28.8 Å². The molecule has 1 heterocycles. The number of hydrogen-bond acceptors (Lipinski definition) is 5. The summed E-state index contributed by atoms with van der Waals surface area (Å²) in [6.07, 6.45) is 7.23. The van der Waals surface area contributed by atoms with Crippen molar-refractivity contribution >= 4 is 33.0 Å². The average Bonchev–Trinajstić information content (AvgIpc) is 2.93. The van der Waals surface area contributed by atoms with E-state index >= 15 is 0 Å². The maximum Gasteiger partial charge on any atom is 0.282 e. The van der Waals surface area contributed by atoms with Gasteiger partial charge in [-0.1, -0.05) is 53.4 Å². The molecule has 180 valence electrons. The Balaban J connectivity index is 1.40. The van der Waals surface area contributed by atoms with Crippen molar-refractivity contribution in [1.29, 1.82) is 5.26 Å². The summed E-state index contributed by atoms with van der Waals surface area (Å²) in [4.78, 5) is 18.3. The Labute approximate surface area is 218 Å².